The molecule has 0 spiro atoms. The average Bonchev–Trinajstić information content (AvgIpc) is 2.39. The van der Waals surface area contributed by atoms with Gasteiger partial charge in [-0.05, 0) is 18.2 Å². The van der Waals surface area contributed by atoms with E-state index in [1.54, 1.807) is 19.2 Å². The molecule has 1 aromatic heterocycles. The Kier molecular flexibility index (Phi) is 3.14. The van der Waals surface area contributed by atoms with Crippen molar-refractivity contribution < 1.29 is 9.18 Å². The molecule has 0 bridgehead atoms. The molecule has 0 atom stereocenters. The Hall–Kier alpha value is -2.23. The predicted octanol–water partition coefficient (Wildman–Crippen LogP) is 2.50. The molecule has 4 heteroatoms. The first-order chi connectivity index (χ1) is 8.20. The zero-order valence-corrected chi connectivity index (χ0v) is 9.30. The Balaban J connectivity index is 2.30. The van der Waals surface area contributed by atoms with Gasteiger partial charge in [0.15, 0.2) is 5.82 Å². The number of carbonyl (C=O) groups excluding carboxylic acids is 1. The fraction of sp³-hybridized carbons (Fsp3) is 0.0769. The Labute approximate surface area is 98.5 Å². The summed E-state index contributed by atoms with van der Waals surface area (Å²) in [5.74, 6) is -1.00. The number of hydrogen-bond donors (Lipinski definition) is 0. The lowest BCUT2D eigenvalue weighted by molar-refractivity contribution is 0.0989. The number of anilines is 1. The maximum Gasteiger partial charge on any atom is 0.261 e. The summed E-state index contributed by atoms with van der Waals surface area (Å²) >= 11 is 0. The molecule has 86 valence electrons. The zero-order chi connectivity index (χ0) is 12.3. The first-order valence-electron chi connectivity index (χ1n) is 5.13. The van der Waals surface area contributed by atoms with Gasteiger partial charge < -0.3 is 4.90 Å². The van der Waals surface area contributed by atoms with Gasteiger partial charge in [0.1, 0.15) is 0 Å². The Bertz CT molecular complexity index is 528. The summed E-state index contributed by atoms with van der Waals surface area (Å²) in [6.07, 6.45) is 2.43. The van der Waals surface area contributed by atoms with Crippen LogP contribution < -0.4 is 4.90 Å². The number of nitrogens with zero attached hydrogens (tertiary/aromatic N) is 2. The van der Waals surface area contributed by atoms with Crippen LogP contribution in [0.15, 0.2) is 48.8 Å². The molecule has 0 fully saturated rings. The Morgan fingerprint density at radius 2 is 1.94 bits per heavy atom. The second-order valence-electron chi connectivity index (χ2n) is 3.56. The van der Waals surface area contributed by atoms with Crippen molar-refractivity contribution in [1.82, 2.24) is 4.98 Å². The number of amides is 1. The monoisotopic (exact) mass is 230 g/mol. The normalized spacial score (nSPS) is 10.0. The topological polar surface area (TPSA) is 33.2 Å². The standard InChI is InChI=1S/C13H11FN2O/c1-16(10-5-3-2-4-6-10)13(17)11-7-8-15-9-12(11)14/h2-9H,1H3. The molecule has 1 aromatic carbocycles. The molecule has 17 heavy (non-hydrogen) atoms. The minimum atomic E-state index is -0.611. The molecule has 2 rings (SSSR count). The van der Waals surface area contributed by atoms with Crippen LogP contribution in [0.3, 0.4) is 0 Å². The average molecular weight is 230 g/mol. The van der Waals surface area contributed by atoms with Crippen molar-refractivity contribution in [2.75, 3.05) is 11.9 Å². The molecule has 1 amide bonds. The molecule has 0 saturated heterocycles. The van der Waals surface area contributed by atoms with Crippen LogP contribution in [0.4, 0.5) is 10.1 Å². The van der Waals surface area contributed by atoms with Gasteiger partial charge in [0, 0.05) is 18.9 Å². The fourth-order valence-corrected chi connectivity index (χ4v) is 1.50. The summed E-state index contributed by atoms with van der Waals surface area (Å²) in [4.78, 5) is 17.0. The molecular formula is C13H11FN2O. The number of rotatable bonds is 2. The van der Waals surface area contributed by atoms with Crippen LogP contribution in [-0.4, -0.2) is 17.9 Å². The highest BCUT2D eigenvalue weighted by Gasteiger charge is 2.16. The van der Waals surface area contributed by atoms with Crippen molar-refractivity contribution in [3.8, 4) is 0 Å². The lowest BCUT2D eigenvalue weighted by Gasteiger charge is -2.17. The van der Waals surface area contributed by atoms with E-state index in [2.05, 4.69) is 4.98 Å². The van der Waals surface area contributed by atoms with E-state index in [-0.39, 0.29) is 5.56 Å². The van der Waals surface area contributed by atoms with Gasteiger partial charge in [0.05, 0.1) is 11.8 Å². The van der Waals surface area contributed by atoms with E-state index in [0.29, 0.717) is 5.69 Å². The smallest absolute Gasteiger partial charge is 0.261 e. The number of para-hydroxylation sites is 1. The molecule has 0 N–H and O–H groups in total. The van der Waals surface area contributed by atoms with E-state index in [0.717, 1.165) is 6.20 Å². The van der Waals surface area contributed by atoms with Gasteiger partial charge in [-0.15, -0.1) is 0 Å². The van der Waals surface area contributed by atoms with Gasteiger partial charge in [-0.1, -0.05) is 18.2 Å². The number of pyridine rings is 1. The van der Waals surface area contributed by atoms with Crippen LogP contribution in [-0.2, 0) is 0 Å². The summed E-state index contributed by atoms with van der Waals surface area (Å²) in [5.41, 5.74) is 0.736. The largest absolute Gasteiger partial charge is 0.311 e. The van der Waals surface area contributed by atoms with Crippen molar-refractivity contribution in [3.63, 3.8) is 0 Å². The van der Waals surface area contributed by atoms with Gasteiger partial charge in [-0.25, -0.2) is 4.39 Å². The lowest BCUT2D eigenvalue weighted by Crippen LogP contribution is -2.27. The SMILES string of the molecule is CN(C(=O)c1ccncc1F)c1ccccc1. The predicted molar refractivity (Wildman–Crippen MR) is 63.4 cm³/mol. The van der Waals surface area contributed by atoms with Gasteiger partial charge in [-0.2, -0.15) is 0 Å². The molecule has 3 nitrogen and oxygen atoms in total. The summed E-state index contributed by atoms with van der Waals surface area (Å²) in [6, 6.07) is 10.4. The third-order valence-electron chi connectivity index (χ3n) is 2.45. The highest BCUT2D eigenvalue weighted by Crippen LogP contribution is 2.15. The third-order valence-corrected chi connectivity index (χ3v) is 2.45. The summed E-state index contributed by atoms with van der Waals surface area (Å²) in [7, 11) is 1.61. The van der Waals surface area contributed by atoms with Crippen molar-refractivity contribution >= 4 is 11.6 Å². The molecule has 1 heterocycles. The molecule has 0 saturated carbocycles. The van der Waals surface area contributed by atoms with Crippen molar-refractivity contribution in [3.05, 3.63) is 60.2 Å². The minimum absolute atomic E-state index is 0.0198. The highest BCUT2D eigenvalue weighted by atomic mass is 19.1. The summed E-state index contributed by atoms with van der Waals surface area (Å²) in [5, 5.41) is 0. The molecule has 2 aromatic rings. The molecule has 0 aliphatic heterocycles. The van der Waals surface area contributed by atoms with Crippen LogP contribution in [0.1, 0.15) is 10.4 Å². The molecular weight excluding hydrogens is 219 g/mol. The first-order valence-corrected chi connectivity index (χ1v) is 5.13. The van der Waals surface area contributed by atoms with E-state index >= 15 is 0 Å². The number of aromatic nitrogens is 1. The molecule has 0 unspecified atom stereocenters. The number of halogens is 1. The van der Waals surface area contributed by atoms with Crippen LogP contribution in [0.25, 0.3) is 0 Å². The van der Waals surface area contributed by atoms with Crippen molar-refractivity contribution in [2.45, 2.75) is 0 Å². The molecule has 0 radical (unpaired) electrons. The van der Waals surface area contributed by atoms with Gasteiger partial charge in [0.25, 0.3) is 5.91 Å². The fourth-order valence-electron chi connectivity index (χ4n) is 1.50. The van der Waals surface area contributed by atoms with Gasteiger partial charge in [0.2, 0.25) is 0 Å². The zero-order valence-electron chi connectivity index (χ0n) is 9.30. The van der Waals surface area contributed by atoms with Crippen molar-refractivity contribution in [1.29, 1.82) is 0 Å². The number of hydrogen-bond acceptors (Lipinski definition) is 2. The maximum absolute atomic E-state index is 13.4. The second kappa shape index (κ2) is 4.74. The van der Waals surface area contributed by atoms with E-state index < -0.39 is 11.7 Å². The Morgan fingerprint density at radius 1 is 1.24 bits per heavy atom. The van der Waals surface area contributed by atoms with E-state index in [4.69, 9.17) is 0 Å². The van der Waals surface area contributed by atoms with Crippen molar-refractivity contribution in [2.24, 2.45) is 0 Å². The van der Waals surface area contributed by atoms with E-state index in [1.807, 2.05) is 18.2 Å². The van der Waals surface area contributed by atoms with Gasteiger partial charge in [-0.3, -0.25) is 9.78 Å². The first kappa shape index (κ1) is 11.3. The van der Waals surface area contributed by atoms with Crippen LogP contribution in [0.2, 0.25) is 0 Å². The third kappa shape index (κ3) is 2.30. The van der Waals surface area contributed by atoms with Crippen LogP contribution in [0, 0.1) is 5.82 Å². The number of carbonyl (C=O) groups is 1. The number of benzene rings is 1. The summed E-state index contributed by atoms with van der Waals surface area (Å²) in [6.45, 7) is 0. The quantitative estimate of drug-likeness (QED) is 0.794. The summed E-state index contributed by atoms with van der Waals surface area (Å²) < 4.78 is 13.4. The Morgan fingerprint density at radius 3 is 2.59 bits per heavy atom. The van der Waals surface area contributed by atoms with E-state index in [1.165, 1.54) is 17.2 Å². The maximum atomic E-state index is 13.4. The lowest BCUT2D eigenvalue weighted by atomic mass is 10.2. The highest BCUT2D eigenvalue weighted by molar-refractivity contribution is 6.05. The van der Waals surface area contributed by atoms with Crippen LogP contribution in [0.5, 0.6) is 0 Å². The molecule has 0 aliphatic carbocycles. The van der Waals surface area contributed by atoms with Gasteiger partial charge >= 0.3 is 0 Å². The van der Waals surface area contributed by atoms with E-state index in [9.17, 15) is 9.18 Å². The minimum Gasteiger partial charge on any atom is -0.311 e. The molecule has 0 aliphatic rings. The second-order valence-corrected chi connectivity index (χ2v) is 3.56. The van der Waals surface area contributed by atoms with Crippen LogP contribution >= 0.6 is 0 Å².